The van der Waals surface area contributed by atoms with E-state index in [0.29, 0.717) is 12.8 Å². The van der Waals surface area contributed by atoms with Crippen LogP contribution in [-0.2, 0) is 14.8 Å². The van der Waals surface area contributed by atoms with E-state index in [1.165, 1.54) is 16.4 Å². The number of carbonyl (C=O) groups excluding carboxylic acids is 1. The van der Waals surface area contributed by atoms with Crippen LogP contribution in [0.3, 0.4) is 0 Å². The van der Waals surface area contributed by atoms with Gasteiger partial charge >= 0.3 is 0 Å². The van der Waals surface area contributed by atoms with Crippen molar-refractivity contribution in [3.05, 3.63) is 66.0 Å². The van der Waals surface area contributed by atoms with E-state index in [9.17, 15) is 17.6 Å². The highest BCUT2D eigenvalue weighted by atomic mass is 32.2. The third-order valence-corrected chi connectivity index (χ3v) is 6.85. The predicted molar refractivity (Wildman–Crippen MR) is 101 cm³/mol. The van der Waals surface area contributed by atoms with Crippen LogP contribution in [0.15, 0.2) is 59.5 Å². The molecule has 0 unspecified atom stereocenters. The summed E-state index contributed by atoms with van der Waals surface area (Å²) in [5.41, 5.74) is 1.03. The topological polar surface area (TPSA) is 66.5 Å². The number of benzene rings is 2. The molecular formula is C20H23FN2O3S. The summed E-state index contributed by atoms with van der Waals surface area (Å²) in [5.74, 6) is -0.738. The molecular weight excluding hydrogens is 367 g/mol. The van der Waals surface area contributed by atoms with Crippen LogP contribution in [0.4, 0.5) is 4.39 Å². The van der Waals surface area contributed by atoms with E-state index in [-0.39, 0.29) is 35.9 Å². The van der Waals surface area contributed by atoms with E-state index in [0.717, 1.165) is 17.7 Å². The second kappa shape index (κ2) is 8.19. The van der Waals surface area contributed by atoms with Crippen molar-refractivity contribution in [2.75, 3.05) is 13.1 Å². The number of amides is 1. The fourth-order valence-corrected chi connectivity index (χ4v) is 4.74. The Labute approximate surface area is 159 Å². The zero-order valence-corrected chi connectivity index (χ0v) is 16.0. The lowest BCUT2D eigenvalue weighted by Crippen LogP contribution is -2.43. The van der Waals surface area contributed by atoms with Crippen molar-refractivity contribution in [2.45, 2.75) is 30.7 Å². The van der Waals surface area contributed by atoms with Gasteiger partial charge in [-0.3, -0.25) is 4.79 Å². The van der Waals surface area contributed by atoms with E-state index in [2.05, 4.69) is 5.32 Å². The Morgan fingerprint density at radius 3 is 2.26 bits per heavy atom. The first-order valence-electron chi connectivity index (χ1n) is 8.99. The minimum Gasteiger partial charge on any atom is -0.349 e. The summed E-state index contributed by atoms with van der Waals surface area (Å²) in [4.78, 5) is 12.6. The summed E-state index contributed by atoms with van der Waals surface area (Å²) in [6.07, 6.45) is 0.932. The van der Waals surface area contributed by atoms with Crippen molar-refractivity contribution < 1.29 is 17.6 Å². The maximum absolute atomic E-state index is 13.0. The van der Waals surface area contributed by atoms with Crippen molar-refractivity contribution in [1.82, 2.24) is 9.62 Å². The van der Waals surface area contributed by atoms with Gasteiger partial charge in [-0.25, -0.2) is 12.8 Å². The van der Waals surface area contributed by atoms with Crippen LogP contribution in [0.1, 0.15) is 31.4 Å². The Morgan fingerprint density at radius 1 is 1.07 bits per heavy atom. The Bertz CT molecular complexity index is 877. The first kappa shape index (κ1) is 19.5. The van der Waals surface area contributed by atoms with Gasteiger partial charge in [0.05, 0.1) is 10.9 Å². The molecule has 0 bridgehead atoms. The van der Waals surface area contributed by atoms with Gasteiger partial charge in [0.1, 0.15) is 5.82 Å². The molecule has 1 heterocycles. The lowest BCUT2D eigenvalue weighted by Gasteiger charge is -2.31. The number of hydrogen-bond acceptors (Lipinski definition) is 3. The van der Waals surface area contributed by atoms with Crippen molar-refractivity contribution in [2.24, 2.45) is 5.92 Å². The van der Waals surface area contributed by atoms with Crippen molar-refractivity contribution >= 4 is 15.9 Å². The third-order valence-electron chi connectivity index (χ3n) is 4.93. The number of nitrogens with one attached hydrogen (secondary N) is 1. The van der Waals surface area contributed by atoms with Crippen LogP contribution in [-0.4, -0.2) is 31.7 Å². The molecule has 1 saturated heterocycles. The second-order valence-corrected chi connectivity index (χ2v) is 8.71. The summed E-state index contributed by atoms with van der Waals surface area (Å²) in [6.45, 7) is 2.48. The Morgan fingerprint density at radius 2 is 1.67 bits per heavy atom. The molecule has 0 spiro atoms. The molecule has 0 aliphatic carbocycles. The van der Waals surface area contributed by atoms with Crippen LogP contribution in [0.5, 0.6) is 0 Å². The van der Waals surface area contributed by atoms with Crippen molar-refractivity contribution in [1.29, 1.82) is 0 Å². The molecule has 1 N–H and O–H groups in total. The molecule has 1 atom stereocenters. The lowest BCUT2D eigenvalue weighted by atomic mass is 9.96. The molecule has 5 nitrogen and oxygen atoms in total. The molecule has 7 heteroatoms. The van der Waals surface area contributed by atoms with E-state index in [1.54, 1.807) is 0 Å². The van der Waals surface area contributed by atoms with E-state index in [4.69, 9.17) is 0 Å². The van der Waals surface area contributed by atoms with Crippen LogP contribution in [0, 0.1) is 11.7 Å². The zero-order chi connectivity index (χ0) is 19.4. The number of sulfonamides is 1. The number of carbonyl (C=O) groups is 1. The minimum atomic E-state index is -3.66. The molecule has 3 rings (SSSR count). The Kier molecular flexibility index (Phi) is 5.92. The minimum absolute atomic E-state index is 0.0508. The molecule has 2 aromatic rings. The molecule has 1 aliphatic heterocycles. The van der Waals surface area contributed by atoms with Gasteiger partial charge in [0.2, 0.25) is 15.9 Å². The monoisotopic (exact) mass is 390 g/mol. The van der Waals surface area contributed by atoms with Crippen LogP contribution < -0.4 is 5.32 Å². The molecule has 27 heavy (non-hydrogen) atoms. The average Bonchev–Trinajstić information content (AvgIpc) is 2.69. The van der Waals surface area contributed by atoms with Gasteiger partial charge in [-0.15, -0.1) is 0 Å². The first-order chi connectivity index (χ1) is 12.9. The third kappa shape index (κ3) is 4.54. The Balaban J connectivity index is 1.58. The van der Waals surface area contributed by atoms with Gasteiger partial charge in [-0.1, -0.05) is 30.3 Å². The van der Waals surface area contributed by atoms with Gasteiger partial charge in [0.15, 0.2) is 0 Å². The summed E-state index contributed by atoms with van der Waals surface area (Å²) >= 11 is 0. The van der Waals surface area contributed by atoms with Gasteiger partial charge in [-0.2, -0.15) is 4.31 Å². The van der Waals surface area contributed by atoms with E-state index in [1.807, 2.05) is 37.3 Å². The number of halogens is 1. The van der Waals surface area contributed by atoms with Crippen molar-refractivity contribution in [3.8, 4) is 0 Å². The highest BCUT2D eigenvalue weighted by Gasteiger charge is 2.32. The molecule has 0 radical (unpaired) electrons. The van der Waals surface area contributed by atoms with E-state index < -0.39 is 15.8 Å². The summed E-state index contributed by atoms with van der Waals surface area (Å²) in [6, 6.07) is 14.4. The van der Waals surface area contributed by atoms with Crippen molar-refractivity contribution in [3.63, 3.8) is 0 Å². The highest BCUT2D eigenvalue weighted by molar-refractivity contribution is 7.89. The normalized spacial score (nSPS) is 17.4. The maximum Gasteiger partial charge on any atom is 0.243 e. The van der Waals surface area contributed by atoms with Crippen LogP contribution in [0.25, 0.3) is 0 Å². The number of nitrogens with zero attached hydrogens (tertiary/aromatic N) is 1. The van der Waals surface area contributed by atoms with Gasteiger partial charge < -0.3 is 5.32 Å². The average molecular weight is 390 g/mol. The van der Waals surface area contributed by atoms with Gasteiger partial charge in [0.25, 0.3) is 0 Å². The molecule has 0 saturated carbocycles. The van der Waals surface area contributed by atoms with E-state index >= 15 is 0 Å². The predicted octanol–water partition coefficient (Wildman–Crippen LogP) is 3.10. The fourth-order valence-electron chi connectivity index (χ4n) is 3.27. The number of hydrogen-bond donors (Lipinski definition) is 1. The molecule has 1 fully saturated rings. The number of piperidine rings is 1. The van der Waals surface area contributed by atoms with Crippen LogP contribution in [0.2, 0.25) is 0 Å². The molecule has 144 valence electrons. The SMILES string of the molecule is C[C@H](NC(=O)C1CCN(S(=O)(=O)c2ccc(F)cc2)CC1)c1ccccc1. The van der Waals surface area contributed by atoms with Gasteiger partial charge in [0, 0.05) is 19.0 Å². The van der Waals surface area contributed by atoms with Gasteiger partial charge in [-0.05, 0) is 49.6 Å². The largest absolute Gasteiger partial charge is 0.349 e. The second-order valence-electron chi connectivity index (χ2n) is 6.77. The molecule has 0 aromatic heterocycles. The lowest BCUT2D eigenvalue weighted by molar-refractivity contribution is -0.126. The highest BCUT2D eigenvalue weighted by Crippen LogP contribution is 2.25. The molecule has 2 aromatic carbocycles. The standard InChI is InChI=1S/C20H23FN2O3S/c1-15(16-5-3-2-4-6-16)22-20(24)17-11-13-23(14-12-17)27(25,26)19-9-7-18(21)8-10-19/h2-10,15,17H,11-14H2,1H3,(H,22,24)/t15-/m0/s1. The smallest absolute Gasteiger partial charge is 0.243 e. The molecule has 1 amide bonds. The zero-order valence-electron chi connectivity index (χ0n) is 15.1. The molecule has 1 aliphatic rings. The maximum atomic E-state index is 13.0. The summed E-state index contributed by atoms with van der Waals surface area (Å²) in [5, 5.41) is 3.01. The summed E-state index contributed by atoms with van der Waals surface area (Å²) < 4.78 is 39.7. The Hall–Kier alpha value is -2.25. The van der Waals surface area contributed by atoms with Crippen LogP contribution >= 0.6 is 0 Å². The summed E-state index contributed by atoms with van der Waals surface area (Å²) in [7, 11) is -3.66. The first-order valence-corrected chi connectivity index (χ1v) is 10.4. The number of rotatable bonds is 5. The fraction of sp³-hybridized carbons (Fsp3) is 0.350. The quantitative estimate of drug-likeness (QED) is 0.853.